The van der Waals surface area contributed by atoms with Gasteiger partial charge in [0.2, 0.25) is 0 Å². The van der Waals surface area contributed by atoms with Crippen LogP contribution in [0.2, 0.25) is 0 Å². The summed E-state index contributed by atoms with van der Waals surface area (Å²) in [4.78, 5) is 24.0. The predicted octanol–water partition coefficient (Wildman–Crippen LogP) is 5.40. The number of nitrogens with one attached hydrogen (secondary N) is 3. The number of carboxylic acid groups (broad SMARTS) is 1. The van der Waals surface area contributed by atoms with Crippen molar-refractivity contribution in [1.82, 2.24) is 9.78 Å². The van der Waals surface area contributed by atoms with Crippen molar-refractivity contribution >= 4 is 71.7 Å². The van der Waals surface area contributed by atoms with Crippen molar-refractivity contribution in [3.05, 3.63) is 105 Å². The highest BCUT2D eigenvalue weighted by molar-refractivity contribution is 7.93. The van der Waals surface area contributed by atoms with Crippen LogP contribution in [0, 0.1) is 13.8 Å². The first kappa shape index (κ1) is 32.4. The second-order valence-electron chi connectivity index (χ2n) is 9.09. The third-order valence-electron chi connectivity index (χ3n) is 6.07. The van der Waals surface area contributed by atoms with Crippen molar-refractivity contribution in [2.45, 2.75) is 23.6 Å². The van der Waals surface area contributed by atoms with Gasteiger partial charge >= 0.3 is 5.97 Å². The third kappa shape index (κ3) is 7.52. The maximum absolute atomic E-state index is 12.7. The number of anilines is 3. The minimum atomic E-state index is -3.76. The number of aryl methyl sites for hydroxylation is 2. The van der Waals surface area contributed by atoms with Crippen LogP contribution in [0.3, 0.4) is 0 Å². The molecule has 3 aromatic heterocycles. The first-order chi connectivity index (χ1) is 20.8. The van der Waals surface area contributed by atoms with Gasteiger partial charge in [-0.3, -0.25) is 18.9 Å². The van der Waals surface area contributed by atoms with Gasteiger partial charge in [-0.1, -0.05) is 36.4 Å². The topological polar surface area (TPSA) is 177 Å². The number of aromatic carboxylic acids is 1. The molecule has 0 radical (unpaired) electrons. The van der Waals surface area contributed by atoms with E-state index >= 15 is 0 Å². The number of carboxylic acids is 1. The highest BCUT2D eigenvalue weighted by Crippen LogP contribution is 2.28. The van der Waals surface area contributed by atoms with E-state index in [-0.39, 0.29) is 36.8 Å². The average Bonchev–Trinajstić information content (AvgIpc) is 3.70. The fraction of sp³-hybridized carbons (Fsp3) is 0.107. The number of nitrogens with zero attached hydrogens (tertiary/aromatic N) is 2. The maximum Gasteiger partial charge on any atom is 0.348 e. The Morgan fingerprint density at radius 1 is 0.750 bits per heavy atom. The van der Waals surface area contributed by atoms with E-state index in [9.17, 15) is 26.4 Å². The van der Waals surface area contributed by atoms with E-state index in [1.54, 1.807) is 66.5 Å². The number of hydrogen-bond acceptors (Lipinski definition) is 9. The SMILES string of the molecule is Cc1nn(C)c(C)c1NC(=O)c1sccc1NS(=O)(=O)c1ccccc1.O=C(O)c1sccc1NS(=O)(=O)c1ccccc1. The molecule has 4 N–H and O–H groups in total. The van der Waals surface area contributed by atoms with Crippen molar-refractivity contribution in [2.75, 3.05) is 14.8 Å². The van der Waals surface area contributed by atoms with Gasteiger partial charge in [0.05, 0.1) is 38.2 Å². The Kier molecular flexibility index (Phi) is 9.88. The Morgan fingerprint density at radius 3 is 1.64 bits per heavy atom. The van der Waals surface area contributed by atoms with Crippen LogP contribution in [0.25, 0.3) is 0 Å². The molecule has 0 aliphatic carbocycles. The van der Waals surface area contributed by atoms with Gasteiger partial charge in [-0.15, -0.1) is 22.7 Å². The molecule has 0 bridgehead atoms. The molecule has 0 saturated heterocycles. The third-order valence-corrected chi connectivity index (χ3v) is 10.7. The van der Waals surface area contributed by atoms with Crippen LogP contribution >= 0.6 is 22.7 Å². The van der Waals surface area contributed by atoms with Gasteiger partial charge < -0.3 is 10.4 Å². The second-order valence-corrected chi connectivity index (χ2v) is 14.3. The molecule has 2 aromatic carbocycles. The van der Waals surface area contributed by atoms with Gasteiger partial charge in [-0.25, -0.2) is 21.6 Å². The molecule has 44 heavy (non-hydrogen) atoms. The molecule has 12 nitrogen and oxygen atoms in total. The summed E-state index contributed by atoms with van der Waals surface area (Å²) in [6, 6.07) is 18.8. The number of carbonyl (C=O) groups excluding carboxylic acids is 1. The smallest absolute Gasteiger partial charge is 0.348 e. The van der Waals surface area contributed by atoms with Crippen molar-refractivity contribution in [1.29, 1.82) is 0 Å². The Labute approximate surface area is 262 Å². The van der Waals surface area contributed by atoms with Crippen LogP contribution in [0.15, 0.2) is 93.3 Å². The molecule has 0 aliphatic rings. The van der Waals surface area contributed by atoms with Crippen LogP contribution in [0.5, 0.6) is 0 Å². The monoisotopic (exact) mass is 673 g/mol. The zero-order valence-electron chi connectivity index (χ0n) is 23.5. The molecule has 230 valence electrons. The summed E-state index contributed by atoms with van der Waals surface area (Å²) in [5, 5.41) is 19.2. The fourth-order valence-electron chi connectivity index (χ4n) is 3.85. The summed E-state index contributed by atoms with van der Waals surface area (Å²) in [7, 11) is -5.72. The Balaban J connectivity index is 0.000000215. The van der Waals surface area contributed by atoms with Crippen LogP contribution in [-0.4, -0.2) is 43.6 Å². The normalized spacial score (nSPS) is 11.2. The number of carbonyl (C=O) groups is 2. The molecular weight excluding hydrogens is 647 g/mol. The van der Waals surface area contributed by atoms with Gasteiger partial charge in [0.1, 0.15) is 9.75 Å². The van der Waals surface area contributed by atoms with Crippen LogP contribution in [-0.2, 0) is 27.1 Å². The maximum atomic E-state index is 12.7. The number of amides is 1. The highest BCUT2D eigenvalue weighted by atomic mass is 32.2. The van der Waals surface area contributed by atoms with E-state index in [1.165, 1.54) is 47.0 Å². The Morgan fingerprint density at radius 2 is 1.20 bits per heavy atom. The van der Waals surface area contributed by atoms with Gasteiger partial charge in [-0.05, 0) is 61.0 Å². The Hall–Kier alpha value is -4.51. The van der Waals surface area contributed by atoms with E-state index < -0.39 is 26.0 Å². The van der Waals surface area contributed by atoms with Gasteiger partial charge in [-0.2, -0.15) is 5.10 Å². The largest absolute Gasteiger partial charge is 0.477 e. The molecule has 16 heteroatoms. The summed E-state index contributed by atoms with van der Waals surface area (Å²) in [6.07, 6.45) is 0. The first-order valence-corrected chi connectivity index (χ1v) is 17.4. The van der Waals surface area contributed by atoms with Crippen molar-refractivity contribution < 1.29 is 31.5 Å². The number of sulfonamides is 2. The molecule has 5 aromatic rings. The highest BCUT2D eigenvalue weighted by Gasteiger charge is 2.22. The molecule has 5 rings (SSSR count). The zero-order chi connectivity index (χ0) is 32.1. The second kappa shape index (κ2) is 13.4. The summed E-state index contributed by atoms with van der Waals surface area (Å²) in [5.41, 5.74) is 2.47. The molecular formula is C28H27N5O7S4. The summed E-state index contributed by atoms with van der Waals surface area (Å²) in [6.45, 7) is 3.65. The number of thiophene rings is 2. The van der Waals surface area contributed by atoms with E-state index in [0.717, 1.165) is 17.0 Å². The lowest BCUT2D eigenvalue weighted by Crippen LogP contribution is -2.17. The first-order valence-electron chi connectivity index (χ1n) is 12.7. The number of hydrogen-bond donors (Lipinski definition) is 4. The standard InChI is InChI=1S/C17H18N4O3S2.C11H9NO4S2/c1-11-15(12(2)21(3)19-11)18-17(22)16-14(9-10-25-16)20-26(23,24)13-7-5-4-6-8-13;13-11(14)10-9(6-7-17-10)12-18(15,16)8-4-2-1-3-5-8/h4-10,20H,1-3H3,(H,18,22);1-7,12H,(H,13,14). The zero-order valence-corrected chi connectivity index (χ0v) is 26.8. The summed E-state index contributed by atoms with van der Waals surface area (Å²) in [5.74, 6) is -1.54. The number of rotatable bonds is 9. The Bertz CT molecular complexity index is 2000. The van der Waals surface area contributed by atoms with E-state index in [2.05, 4.69) is 19.9 Å². The predicted molar refractivity (Wildman–Crippen MR) is 171 cm³/mol. The fourth-order valence-corrected chi connectivity index (χ4v) is 7.60. The number of aromatic nitrogens is 2. The molecule has 0 atom stereocenters. The minimum absolute atomic E-state index is 0.0329. The van der Waals surface area contributed by atoms with Crippen LogP contribution in [0.1, 0.15) is 30.7 Å². The van der Waals surface area contributed by atoms with Crippen molar-refractivity contribution in [2.24, 2.45) is 7.05 Å². The molecule has 3 heterocycles. The van der Waals surface area contributed by atoms with E-state index in [0.29, 0.717) is 11.4 Å². The molecule has 1 amide bonds. The van der Waals surface area contributed by atoms with E-state index in [4.69, 9.17) is 5.11 Å². The quantitative estimate of drug-likeness (QED) is 0.161. The number of benzene rings is 2. The lowest BCUT2D eigenvalue weighted by atomic mass is 10.3. The van der Waals surface area contributed by atoms with Crippen LogP contribution in [0.4, 0.5) is 17.1 Å². The van der Waals surface area contributed by atoms with Crippen molar-refractivity contribution in [3.8, 4) is 0 Å². The lowest BCUT2D eigenvalue weighted by molar-refractivity contribution is 0.0703. The van der Waals surface area contributed by atoms with Gasteiger partial charge in [0.25, 0.3) is 26.0 Å². The van der Waals surface area contributed by atoms with Gasteiger partial charge in [0.15, 0.2) is 0 Å². The molecule has 0 aliphatic heterocycles. The summed E-state index contributed by atoms with van der Waals surface area (Å²) < 4.78 is 55.4. The molecule has 0 fully saturated rings. The minimum Gasteiger partial charge on any atom is -0.477 e. The molecule has 0 unspecified atom stereocenters. The van der Waals surface area contributed by atoms with Gasteiger partial charge in [0, 0.05) is 7.05 Å². The van der Waals surface area contributed by atoms with Crippen LogP contribution < -0.4 is 14.8 Å². The van der Waals surface area contributed by atoms with E-state index in [1.807, 2.05) is 6.92 Å². The molecule has 0 spiro atoms. The average molecular weight is 674 g/mol. The lowest BCUT2D eigenvalue weighted by Gasteiger charge is -2.09. The summed E-state index contributed by atoms with van der Waals surface area (Å²) >= 11 is 2.13. The molecule has 0 saturated carbocycles. The van der Waals surface area contributed by atoms with Crippen molar-refractivity contribution in [3.63, 3.8) is 0 Å².